The molecule has 0 fully saturated rings. The lowest BCUT2D eigenvalue weighted by Crippen LogP contribution is -2.16. The lowest BCUT2D eigenvalue weighted by atomic mass is 10.2. The van der Waals surface area contributed by atoms with Gasteiger partial charge in [-0.15, -0.1) is 0 Å². The molecule has 2 aromatic rings. The Morgan fingerprint density at radius 3 is 2.67 bits per heavy atom. The normalized spacial score (nSPS) is 11.2. The van der Waals surface area contributed by atoms with Gasteiger partial charge >= 0.3 is 0 Å². The number of hydrogen-bond donors (Lipinski definition) is 4. The van der Waals surface area contributed by atoms with E-state index in [2.05, 4.69) is 15.5 Å². The zero-order valence-electron chi connectivity index (χ0n) is 10.6. The molecule has 0 atom stereocenters. The number of anilines is 1. The maximum absolute atomic E-state index is 12.0. The predicted molar refractivity (Wildman–Crippen MR) is 79.0 cm³/mol. The molecule has 0 aliphatic heterocycles. The number of hydrogen-bond acceptors (Lipinski definition) is 4. The number of nitrogens with two attached hydrogens (primary N) is 1. The Hall–Kier alpha value is -2.80. The number of rotatable bonds is 3. The highest BCUT2D eigenvalue weighted by Gasteiger charge is 2.10. The molecule has 1 aromatic heterocycles. The molecular formula is C13H11ClN4O3. The number of aromatic amines is 1. The summed E-state index contributed by atoms with van der Waals surface area (Å²) >= 11 is 6.02. The summed E-state index contributed by atoms with van der Waals surface area (Å²) in [4.78, 5) is 25.6. The fourth-order valence-corrected chi connectivity index (χ4v) is 1.84. The van der Waals surface area contributed by atoms with E-state index in [0.29, 0.717) is 11.3 Å². The molecule has 0 unspecified atom stereocenters. The number of carbonyl (C=O) groups excluding carboxylic acids is 1. The molecule has 1 heterocycles. The largest absolute Gasteiger partial charge is 0.409 e. The van der Waals surface area contributed by atoms with Crippen LogP contribution in [0.5, 0.6) is 0 Å². The molecule has 1 aromatic carbocycles. The van der Waals surface area contributed by atoms with Crippen molar-refractivity contribution < 1.29 is 10.0 Å². The summed E-state index contributed by atoms with van der Waals surface area (Å²) in [6, 6.07) is 7.14. The van der Waals surface area contributed by atoms with Gasteiger partial charge in [0.05, 0.1) is 10.7 Å². The molecule has 0 aliphatic carbocycles. The monoisotopic (exact) mass is 306 g/mol. The van der Waals surface area contributed by atoms with Crippen molar-refractivity contribution >= 4 is 29.0 Å². The van der Waals surface area contributed by atoms with E-state index in [1.54, 1.807) is 0 Å². The number of halogens is 1. The standard InChI is InChI=1S/C13H11ClN4O3/c14-9-5-7(12(15)18-21)1-2-10(9)17-13(20)8-3-4-16-11(19)6-8/h1-6,21H,(H2,15,18)(H,16,19)(H,17,20). The quantitative estimate of drug-likeness (QED) is 0.296. The lowest BCUT2D eigenvalue weighted by molar-refractivity contribution is 0.102. The van der Waals surface area contributed by atoms with Crippen molar-refractivity contribution in [1.29, 1.82) is 0 Å². The molecule has 8 heteroatoms. The van der Waals surface area contributed by atoms with Crippen LogP contribution in [0, 0.1) is 0 Å². The second kappa shape index (κ2) is 6.10. The SMILES string of the molecule is N/C(=N/O)c1ccc(NC(=O)c2cc[nH]c(=O)c2)c(Cl)c1. The maximum Gasteiger partial charge on any atom is 0.255 e. The van der Waals surface area contributed by atoms with Crippen LogP contribution in [0.1, 0.15) is 15.9 Å². The van der Waals surface area contributed by atoms with Gasteiger partial charge in [0.15, 0.2) is 5.84 Å². The molecule has 0 spiro atoms. The van der Waals surface area contributed by atoms with Gasteiger partial charge in [-0.1, -0.05) is 16.8 Å². The van der Waals surface area contributed by atoms with E-state index in [4.69, 9.17) is 22.5 Å². The molecule has 0 bridgehead atoms. The fraction of sp³-hybridized carbons (Fsp3) is 0. The van der Waals surface area contributed by atoms with Crippen molar-refractivity contribution in [3.63, 3.8) is 0 Å². The van der Waals surface area contributed by atoms with Gasteiger partial charge in [0.2, 0.25) is 5.56 Å². The highest BCUT2D eigenvalue weighted by atomic mass is 35.5. The van der Waals surface area contributed by atoms with Crippen LogP contribution in [0.3, 0.4) is 0 Å². The minimum Gasteiger partial charge on any atom is -0.409 e. The highest BCUT2D eigenvalue weighted by Crippen LogP contribution is 2.23. The number of nitrogens with one attached hydrogen (secondary N) is 2. The molecule has 7 nitrogen and oxygen atoms in total. The van der Waals surface area contributed by atoms with E-state index in [1.807, 2.05) is 0 Å². The summed E-state index contributed by atoms with van der Waals surface area (Å²) in [6.45, 7) is 0. The van der Waals surface area contributed by atoms with Gasteiger partial charge in [0.25, 0.3) is 5.91 Å². The van der Waals surface area contributed by atoms with Gasteiger partial charge in [-0.3, -0.25) is 9.59 Å². The Kier molecular flexibility index (Phi) is 4.24. The first-order valence-electron chi connectivity index (χ1n) is 5.79. The number of pyridine rings is 1. The Bertz CT molecular complexity index is 770. The van der Waals surface area contributed by atoms with Crippen LogP contribution in [0.4, 0.5) is 5.69 Å². The van der Waals surface area contributed by atoms with Crippen molar-refractivity contribution in [2.24, 2.45) is 10.9 Å². The maximum atomic E-state index is 12.0. The van der Waals surface area contributed by atoms with Gasteiger partial charge in [-0.25, -0.2) is 0 Å². The summed E-state index contributed by atoms with van der Waals surface area (Å²) in [5.41, 5.74) is 6.02. The number of carbonyl (C=O) groups is 1. The van der Waals surface area contributed by atoms with Crippen LogP contribution in [0.15, 0.2) is 46.5 Å². The number of amidine groups is 1. The van der Waals surface area contributed by atoms with Crippen LogP contribution in [0.2, 0.25) is 5.02 Å². The van der Waals surface area contributed by atoms with Crippen molar-refractivity contribution in [3.05, 3.63) is 63.0 Å². The summed E-state index contributed by atoms with van der Waals surface area (Å²) in [6.07, 6.45) is 1.38. The number of amides is 1. The molecule has 0 saturated heterocycles. The third-order valence-corrected chi connectivity index (χ3v) is 2.97. The average molecular weight is 307 g/mol. The number of benzene rings is 1. The van der Waals surface area contributed by atoms with Gasteiger partial charge in [-0.2, -0.15) is 0 Å². The molecular weight excluding hydrogens is 296 g/mol. The van der Waals surface area contributed by atoms with E-state index in [1.165, 1.54) is 36.5 Å². The van der Waals surface area contributed by atoms with Crippen molar-refractivity contribution in [3.8, 4) is 0 Å². The van der Waals surface area contributed by atoms with Crippen LogP contribution < -0.4 is 16.6 Å². The van der Waals surface area contributed by atoms with Gasteiger partial charge in [0.1, 0.15) is 0 Å². The molecule has 5 N–H and O–H groups in total. The smallest absolute Gasteiger partial charge is 0.255 e. The number of nitrogens with zero attached hydrogens (tertiary/aromatic N) is 1. The van der Waals surface area contributed by atoms with Crippen molar-refractivity contribution in [1.82, 2.24) is 4.98 Å². The first kappa shape index (κ1) is 14.6. The van der Waals surface area contributed by atoms with Crippen LogP contribution >= 0.6 is 11.6 Å². The van der Waals surface area contributed by atoms with E-state index in [9.17, 15) is 9.59 Å². The second-order valence-electron chi connectivity index (χ2n) is 4.08. The minimum atomic E-state index is -0.473. The van der Waals surface area contributed by atoms with Crippen LogP contribution in [-0.2, 0) is 0 Å². The summed E-state index contributed by atoms with van der Waals surface area (Å²) in [5.74, 6) is -0.566. The average Bonchev–Trinajstić information content (AvgIpc) is 2.48. The lowest BCUT2D eigenvalue weighted by Gasteiger charge is -2.08. The van der Waals surface area contributed by atoms with E-state index in [0.717, 1.165) is 0 Å². The molecule has 0 radical (unpaired) electrons. The summed E-state index contributed by atoms with van der Waals surface area (Å²) in [7, 11) is 0. The Labute approximate surface area is 124 Å². The summed E-state index contributed by atoms with van der Waals surface area (Å²) in [5, 5.41) is 14.2. The summed E-state index contributed by atoms with van der Waals surface area (Å²) < 4.78 is 0. The van der Waals surface area contributed by atoms with E-state index in [-0.39, 0.29) is 22.0 Å². The Morgan fingerprint density at radius 2 is 2.05 bits per heavy atom. The van der Waals surface area contributed by atoms with Gasteiger partial charge < -0.3 is 21.2 Å². The molecule has 108 valence electrons. The Balaban J connectivity index is 2.24. The minimum absolute atomic E-state index is 0.0932. The van der Waals surface area contributed by atoms with Crippen molar-refractivity contribution in [2.75, 3.05) is 5.32 Å². The Morgan fingerprint density at radius 1 is 1.29 bits per heavy atom. The van der Waals surface area contributed by atoms with Gasteiger partial charge in [0, 0.05) is 23.4 Å². The second-order valence-corrected chi connectivity index (χ2v) is 4.48. The predicted octanol–water partition coefficient (Wildman–Crippen LogP) is 1.38. The molecule has 1 amide bonds. The zero-order chi connectivity index (χ0) is 15.4. The van der Waals surface area contributed by atoms with E-state index >= 15 is 0 Å². The van der Waals surface area contributed by atoms with Gasteiger partial charge in [-0.05, 0) is 24.3 Å². The number of H-pyrrole nitrogens is 1. The molecule has 0 aliphatic rings. The molecule has 21 heavy (non-hydrogen) atoms. The van der Waals surface area contributed by atoms with E-state index < -0.39 is 5.91 Å². The fourth-order valence-electron chi connectivity index (χ4n) is 1.61. The third kappa shape index (κ3) is 3.40. The van der Waals surface area contributed by atoms with Crippen LogP contribution in [0.25, 0.3) is 0 Å². The number of oxime groups is 1. The zero-order valence-corrected chi connectivity index (χ0v) is 11.4. The topological polar surface area (TPSA) is 121 Å². The van der Waals surface area contributed by atoms with Crippen LogP contribution in [-0.4, -0.2) is 21.9 Å². The highest BCUT2D eigenvalue weighted by molar-refractivity contribution is 6.34. The number of aromatic nitrogens is 1. The first-order chi connectivity index (χ1) is 10.0. The first-order valence-corrected chi connectivity index (χ1v) is 6.16. The van der Waals surface area contributed by atoms with Crippen molar-refractivity contribution in [2.45, 2.75) is 0 Å². The third-order valence-electron chi connectivity index (χ3n) is 2.66. The molecule has 2 rings (SSSR count). The molecule has 0 saturated carbocycles.